The standard InChI is InChI=1S/C10H12N4O3/c1-4-17-10(16)7-5(2)13-14-8(7)12-11-6(3)9(14)15/h7H,4H2,1-3H3. The Balaban J connectivity index is 2.51. The second-order valence-electron chi connectivity index (χ2n) is 3.69. The molecule has 0 aromatic carbocycles. The smallest absolute Gasteiger partial charge is 0.322 e. The van der Waals surface area contributed by atoms with Crippen LogP contribution in [0.15, 0.2) is 9.90 Å². The maximum absolute atomic E-state index is 11.7. The van der Waals surface area contributed by atoms with Gasteiger partial charge >= 0.3 is 5.97 Å². The monoisotopic (exact) mass is 236 g/mol. The van der Waals surface area contributed by atoms with Crippen molar-refractivity contribution in [3.63, 3.8) is 0 Å². The quantitative estimate of drug-likeness (QED) is 0.665. The number of hydrogen-bond acceptors (Lipinski definition) is 6. The summed E-state index contributed by atoms with van der Waals surface area (Å²) in [5.41, 5.74) is 0.372. The van der Waals surface area contributed by atoms with Crippen LogP contribution in [0.25, 0.3) is 0 Å². The number of nitrogens with zero attached hydrogens (tertiary/aromatic N) is 4. The molecule has 2 rings (SSSR count). The number of carbonyl (C=O) groups is 1. The van der Waals surface area contributed by atoms with E-state index >= 15 is 0 Å². The molecule has 17 heavy (non-hydrogen) atoms. The Labute approximate surface area is 97.1 Å². The Kier molecular flexibility index (Phi) is 2.74. The normalized spacial score (nSPS) is 17.6. The molecule has 7 nitrogen and oxygen atoms in total. The molecule has 1 aliphatic heterocycles. The third kappa shape index (κ3) is 1.73. The van der Waals surface area contributed by atoms with Gasteiger partial charge in [0.15, 0.2) is 11.7 Å². The summed E-state index contributed by atoms with van der Waals surface area (Å²) in [6, 6.07) is 0. The van der Waals surface area contributed by atoms with Gasteiger partial charge in [0, 0.05) is 0 Å². The summed E-state index contributed by atoms with van der Waals surface area (Å²) < 4.78 is 6.03. The zero-order valence-corrected chi connectivity index (χ0v) is 9.80. The number of aryl methyl sites for hydroxylation is 1. The van der Waals surface area contributed by atoms with Gasteiger partial charge in [0.05, 0.1) is 12.3 Å². The van der Waals surface area contributed by atoms with Crippen molar-refractivity contribution in [2.24, 2.45) is 5.10 Å². The molecule has 1 aliphatic rings. The van der Waals surface area contributed by atoms with E-state index in [0.717, 1.165) is 4.68 Å². The first-order valence-electron chi connectivity index (χ1n) is 5.24. The van der Waals surface area contributed by atoms with Crippen molar-refractivity contribution < 1.29 is 9.53 Å². The van der Waals surface area contributed by atoms with Gasteiger partial charge in [0.25, 0.3) is 5.56 Å². The van der Waals surface area contributed by atoms with Crippen LogP contribution in [0.2, 0.25) is 0 Å². The predicted octanol–water partition coefficient (Wildman–Crippen LogP) is -0.169. The van der Waals surface area contributed by atoms with E-state index in [0.29, 0.717) is 5.71 Å². The fourth-order valence-corrected chi connectivity index (χ4v) is 1.65. The van der Waals surface area contributed by atoms with Crippen molar-refractivity contribution in [2.45, 2.75) is 26.7 Å². The van der Waals surface area contributed by atoms with E-state index in [1.165, 1.54) is 0 Å². The first-order valence-corrected chi connectivity index (χ1v) is 5.24. The maximum atomic E-state index is 11.7. The van der Waals surface area contributed by atoms with Gasteiger partial charge < -0.3 is 4.74 Å². The number of esters is 1. The van der Waals surface area contributed by atoms with Gasteiger partial charge in [-0.3, -0.25) is 9.59 Å². The Morgan fingerprint density at radius 3 is 2.76 bits per heavy atom. The number of rotatable bonds is 2. The number of carbonyl (C=O) groups excluding carboxylic acids is 1. The van der Waals surface area contributed by atoms with Crippen molar-refractivity contribution in [1.29, 1.82) is 0 Å². The molecule has 0 saturated heterocycles. The highest BCUT2D eigenvalue weighted by atomic mass is 16.5. The topological polar surface area (TPSA) is 86.4 Å². The van der Waals surface area contributed by atoms with Gasteiger partial charge in [-0.2, -0.15) is 9.78 Å². The minimum atomic E-state index is -0.726. The predicted molar refractivity (Wildman–Crippen MR) is 58.9 cm³/mol. The van der Waals surface area contributed by atoms with Crippen LogP contribution < -0.4 is 5.56 Å². The molecule has 90 valence electrons. The molecule has 0 bridgehead atoms. The second-order valence-corrected chi connectivity index (χ2v) is 3.69. The van der Waals surface area contributed by atoms with Gasteiger partial charge in [-0.05, 0) is 20.8 Å². The molecule has 1 aromatic heterocycles. The fraction of sp³-hybridized carbons (Fsp3) is 0.500. The van der Waals surface area contributed by atoms with Crippen LogP contribution >= 0.6 is 0 Å². The molecule has 1 aromatic rings. The highest BCUT2D eigenvalue weighted by Crippen LogP contribution is 2.21. The zero-order valence-electron chi connectivity index (χ0n) is 9.80. The Morgan fingerprint density at radius 1 is 1.41 bits per heavy atom. The lowest BCUT2D eigenvalue weighted by molar-refractivity contribution is -0.143. The van der Waals surface area contributed by atoms with Crippen molar-refractivity contribution in [1.82, 2.24) is 14.9 Å². The second kappa shape index (κ2) is 4.08. The summed E-state index contributed by atoms with van der Waals surface area (Å²) in [7, 11) is 0. The van der Waals surface area contributed by atoms with Gasteiger partial charge in [-0.25, -0.2) is 0 Å². The van der Waals surface area contributed by atoms with Crippen LogP contribution in [0.4, 0.5) is 0 Å². The molecule has 0 aliphatic carbocycles. The summed E-state index contributed by atoms with van der Waals surface area (Å²) >= 11 is 0. The molecule has 0 amide bonds. The number of aromatic nitrogens is 3. The van der Waals surface area contributed by atoms with E-state index in [1.807, 2.05) is 0 Å². The zero-order chi connectivity index (χ0) is 12.6. The molecule has 0 N–H and O–H groups in total. The average molecular weight is 236 g/mol. The molecular formula is C10H12N4O3. The molecule has 2 heterocycles. The first-order chi connectivity index (χ1) is 8.06. The van der Waals surface area contributed by atoms with Crippen molar-refractivity contribution >= 4 is 11.7 Å². The summed E-state index contributed by atoms with van der Waals surface area (Å²) in [5.74, 6) is -0.968. The summed E-state index contributed by atoms with van der Waals surface area (Å²) in [6.07, 6.45) is 0. The number of hydrogen-bond donors (Lipinski definition) is 0. The Hall–Kier alpha value is -2.05. The van der Waals surface area contributed by atoms with Gasteiger partial charge in [-0.1, -0.05) is 0 Å². The van der Waals surface area contributed by atoms with E-state index < -0.39 is 11.9 Å². The van der Waals surface area contributed by atoms with E-state index in [-0.39, 0.29) is 23.7 Å². The highest BCUT2D eigenvalue weighted by Gasteiger charge is 2.35. The molecule has 1 unspecified atom stereocenters. The van der Waals surface area contributed by atoms with Crippen molar-refractivity contribution in [3.8, 4) is 0 Å². The van der Waals surface area contributed by atoms with Gasteiger partial charge in [0.2, 0.25) is 0 Å². The lowest BCUT2D eigenvalue weighted by Crippen LogP contribution is -2.27. The lowest BCUT2D eigenvalue weighted by atomic mass is 10.1. The third-order valence-electron chi connectivity index (χ3n) is 2.48. The van der Waals surface area contributed by atoms with Crippen LogP contribution in [-0.2, 0) is 9.53 Å². The Morgan fingerprint density at radius 2 is 2.12 bits per heavy atom. The van der Waals surface area contributed by atoms with Crippen molar-refractivity contribution in [2.75, 3.05) is 6.61 Å². The summed E-state index contributed by atoms with van der Waals surface area (Å²) in [6.45, 7) is 5.19. The van der Waals surface area contributed by atoms with E-state index in [4.69, 9.17) is 4.74 Å². The molecule has 0 spiro atoms. The molecular weight excluding hydrogens is 224 g/mol. The molecule has 7 heteroatoms. The first kappa shape index (κ1) is 11.4. The fourth-order valence-electron chi connectivity index (χ4n) is 1.65. The van der Waals surface area contributed by atoms with Crippen LogP contribution in [-0.4, -0.2) is 33.2 Å². The average Bonchev–Trinajstić information content (AvgIpc) is 2.61. The van der Waals surface area contributed by atoms with Crippen LogP contribution in [0.5, 0.6) is 0 Å². The van der Waals surface area contributed by atoms with Gasteiger partial charge in [-0.15, -0.1) is 10.2 Å². The SMILES string of the molecule is CCOC(=O)C1C(C)=Nn2c1nnc(C)c2=O. The van der Waals surface area contributed by atoms with E-state index in [2.05, 4.69) is 15.3 Å². The van der Waals surface area contributed by atoms with E-state index in [9.17, 15) is 9.59 Å². The minimum Gasteiger partial charge on any atom is -0.465 e. The number of ether oxygens (including phenoxy) is 1. The molecule has 0 fully saturated rings. The molecule has 0 radical (unpaired) electrons. The highest BCUT2D eigenvalue weighted by molar-refractivity contribution is 6.06. The van der Waals surface area contributed by atoms with E-state index in [1.54, 1.807) is 20.8 Å². The van der Waals surface area contributed by atoms with Gasteiger partial charge in [0.1, 0.15) is 5.69 Å². The Bertz CT molecular complexity index is 561. The molecule has 0 saturated carbocycles. The number of fused-ring (bicyclic) bond motifs is 1. The van der Waals surface area contributed by atoms with Crippen LogP contribution in [0, 0.1) is 6.92 Å². The summed E-state index contributed by atoms with van der Waals surface area (Å²) in [4.78, 5) is 23.5. The lowest BCUT2D eigenvalue weighted by Gasteiger charge is -2.08. The minimum absolute atomic E-state index is 0.219. The van der Waals surface area contributed by atoms with Crippen molar-refractivity contribution in [3.05, 3.63) is 21.9 Å². The summed E-state index contributed by atoms with van der Waals surface area (Å²) in [5, 5.41) is 11.6. The maximum Gasteiger partial charge on any atom is 0.322 e. The van der Waals surface area contributed by atoms with Crippen LogP contribution in [0.1, 0.15) is 31.3 Å². The van der Waals surface area contributed by atoms with Crippen LogP contribution in [0.3, 0.4) is 0 Å². The molecule has 1 atom stereocenters. The third-order valence-corrected chi connectivity index (χ3v) is 2.48. The largest absolute Gasteiger partial charge is 0.465 e.